The van der Waals surface area contributed by atoms with Gasteiger partial charge in [-0.15, -0.1) is 11.8 Å². The zero-order valence-corrected chi connectivity index (χ0v) is 12.9. The van der Waals surface area contributed by atoms with Gasteiger partial charge in [-0.25, -0.2) is 0 Å². The van der Waals surface area contributed by atoms with E-state index in [9.17, 15) is 4.79 Å². The monoisotopic (exact) mass is 309 g/mol. The van der Waals surface area contributed by atoms with Crippen LogP contribution in [0.4, 0.5) is 5.69 Å². The fourth-order valence-corrected chi connectivity index (χ4v) is 2.59. The average molecular weight is 309 g/mol. The molecule has 3 aromatic rings. The second-order valence-corrected chi connectivity index (χ2v) is 5.62. The number of fused-ring (bicyclic) bond motifs is 1. The molecule has 1 heterocycles. The molecule has 0 saturated heterocycles. The molecule has 0 spiro atoms. The minimum Gasteiger partial charge on any atom is -0.457 e. The third-order valence-electron chi connectivity index (χ3n) is 3.18. The van der Waals surface area contributed by atoms with Crippen LogP contribution in [0.2, 0.25) is 0 Å². The van der Waals surface area contributed by atoms with Gasteiger partial charge in [-0.3, -0.25) is 4.79 Å². The van der Waals surface area contributed by atoms with Gasteiger partial charge in [0.1, 0.15) is 11.3 Å². The molecule has 1 N–H and O–H groups in total. The summed E-state index contributed by atoms with van der Waals surface area (Å²) in [5.41, 5.74) is 1.60. The van der Waals surface area contributed by atoms with Gasteiger partial charge in [-0.2, -0.15) is 0 Å². The summed E-state index contributed by atoms with van der Waals surface area (Å²) in [5, 5.41) is 3.86. The summed E-state index contributed by atoms with van der Waals surface area (Å²) >= 11 is 1.64. The number of carbonyl (C=O) groups is 1. The SMILES string of the molecule is CSc1cccc(NC(=O)/C=C/c2cc3ccccc3o2)c1. The zero-order chi connectivity index (χ0) is 15.4. The second-order valence-electron chi connectivity index (χ2n) is 4.74. The first-order valence-corrected chi connectivity index (χ1v) is 8.09. The van der Waals surface area contributed by atoms with E-state index in [1.165, 1.54) is 6.08 Å². The Bertz CT molecular complexity index is 803. The lowest BCUT2D eigenvalue weighted by molar-refractivity contribution is -0.111. The van der Waals surface area contributed by atoms with Crippen LogP contribution < -0.4 is 5.32 Å². The molecule has 0 aliphatic rings. The lowest BCUT2D eigenvalue weighted by Crippen LogP contribution is -2.07. The first-order valence-electron chi connectivity index (χ1n) is 6.86. The molecule has 0 saturated carbocycles. The molecule has 22 heavy (non-hydrogen) atoms. The molecule has 0 aliphatic heterocycles. The smallest absolute Gasteiger partial charge is 0.248 e. The van der Waals surface area contributed by atoms with E-state index in [1.54, 1.807) is 17.8 Å². The molecular weight excluding hydrogens is 294 g/mol. The number of benzene rings is 2. The van der Waals surface area contributed by atoms with Crippen LogP contribution in [0.3, 0.4) is 0 Å². The molecule has 0 bridgehead atoms. The normalized spacial score (nSPS) is 11.1. The van der Waals surface area contributed by atoms with Crippen molar-refractivity contribution in [2.24, 2.45) is 0 Å². The minimum atomic E-state index is -0.182. The van der Waals surface area contributed by atoms with Gasteiger partial charge in [0, 0.05) is 22.0 Å². The number of thioether (sulfide) groups is 1. The van der Waals surface area contributed by atoms with E-state index in [-0.39, 0.29) is 5.91 Å². The quantitative estimate of drug-likeness (QED) is 0.555. The van der Waals surface area contributed by atoms with E-state index >= 15 is 0 Å². The Balaban J connectivity index is 1.70. The molecule has 0 unspecified atom stereocenters. The summed E-state index contributed by atoms with van der Waals surface area (Å²) in [7, 11) is 0. The Morgan fingerprint density at radius 3 is 2.82 bits per heavy atom. The highest BCUT2D eigenvalue weighted by Gasteiger charge is 2.02. The molecule has 2 aromatic carbocycles. The van der Waals surface area contributed by atoms with Crippen LogP contribution in [-0.2, 0) is 4.79 Å². The highest BCUT2D eigenvalue weighted by molar-refractivity contribution is 7.98. The van der Waals surface area contributed by atoms with Crippen LogP contribution in [-0.4, -0.2) is 12.2 Å². The van der Waals surface area contributed by atoms with Gasteiger partial charge in [0.05, 0.1) is 0 Å². The molecule has 1 amide bonds. The summed E-state index contributed by atoms with van der Waals surface area (Å²) < 4.78 is 5.64. The summed E-state index contributed by atoms with van der Waals surface area (Å²) in [6, 6.07) is 17.4. The molecule has 1 aromatic heterocycles. The Morgan fingerprint density at radius 2 is 2.00 bits per heavy atom. The number of anilines is 1. The maximum Gasteiger partial charge on any atom is 0.248 e. The Hall–Kier alpha value is -2.46. The first kappa shape index (κ1) is 14.5. The number of nitrogens with one attached hydrogen (secondary N) is 1. The maximum atomic E-state index is 12.0. The van der Waals surface area contributed by atoms with Crippen molar-refractivity contribution in [2.75, 3.05) is 11.6 Å². The molecule has 0 atom stereocenters. The van der Waals surface area contributed by atoms with Gasteiger partial charge in [0.15, 0.2) is 0 Å². The number of hydrogen-bond acceptors (Lipinski definition) is 3. The van der Waals surface area contributed by atoms with Crippen LogP contribution in [0.5, 0.6) is 0 Å². The van der Waals surface area contributed by atoms with E-state index in [4.69, 9.17) is 4.42 Å². The van der Waals surface area contributed by atoms with E-state index < -0.39 is 0 Å². The van der Waals surface area contributed by atoms with E-state index in [2.05, 4.69) is 5.32 Å². The summed E-state index contributed by atoms with van der Waals surface area (Å²) in [6.07, 6.45) is 5.15. The first-order chi connectivity index (χ1) is 10.7. The van der Waals surface area contributed by atoms with Gasteiger partial charge >= 0.3 is 0 Å². The maximum absolute atomic E-state index is 12.0. The molecule has 0 aliphatic carbocycles. The molecule has 3 nitrogen and oxygen atoms in total. The van der Waals surface area contributed by atoms with E-state index in [1.807, 2.05) is 60.9 Å². The van der Waals surface area contributed by atoms with Crippen LogP contribution in [0.1, 0.15) is 5.76 Å². The summed E-state index contributed by atoms with van der Waals surface area (Å²) in [4.78, 5) is 13.1. The highest BCUT2D eigenvalue weighted by atomic mass is 32.2. The van der Waals surface area contributed by atoms with Gasteiger partial charge in [0.2, 0.25) is 5.91 Å². The molecule has 0 radical (unpaired) electrons. The summed E-state index contributed by atoms with van der Waals surface area (Å²) in [5.74, 6) is 0.480. The van der Waals surface area contributed by atoms with E-state index in [0.29, 0.717) is 5.76 Å². The standard InChI is InChI=1S/C18H15NO2S/c1-22-16-7-4-6-14(12-16)19-18(20)10-9-15-11-13-5-2-3-8-17(13)21-15/h2-12H,1H3,(H,19,20)/b10-9+. The molecule has 3 rings (SSSR count). The third kappa shape index (κ3) is 3.40. The van der Waals surface area contributed by atoms with Crippen molar-refractivity contribution in [1.82, 2.24) is 0 Å². The topological polar surface area (TPSA) is 42.2 Å². The van der Waals surface area contributed by atoms with E-state index in [0.717, 1.165) is 21.6 Å². The van der Waals surface area contributed by atoms with Gasteiger partial charge in [0.25, 0.3) is 0 Å². The van der Waals surface area contributed by atoms with Gasteiger partial charge in [-0.1, -0.05) is 24.3 Å². The molecule has 110 valence electrons. The molecule has 0 fully saturated rings. The van der Waals surface area contributed by atoms with Crippen LogP contribution in [0, 0.1) is 0 Å². The number of carbonyl (C=O) groups excluding carboxylic acids is 1. The van der Waals surface area contributed by atoms with Crippen molar-refractivity contribution in [3.8, 4) is 0 Å². The fourth-order valence-electron chi connectivity index (χ4n) is 2.13. The minimum absolute atomic E-state index is 0.182. The number of amides is 1. The van der Waals surface area contributed by atoms with Crippen LogP contribution >= 0.6 is 11.8 Å². The van der Waals surface area contributed by atoms with Crippen molar-refractivity contribution < 1.29 is 9.21 Å². The number of hydrogen-bond donors (Lipinski definition) is 1. The molecular formula is C18H15NO2S. The van der Waals surface area contributed by atoms with Crippen molar-refractivity contribution in [1.29, 1.82) is 0 Å². The Labute approximate surface area is 133 Å². The molecule has 4 heteroatoms. The van der Waals surface area contributed by atoms with Crippen molar-refractivity contribution in [3.63, 3.8) is 0 Å². The largest absolute Gasteiger partial charge is 0.457 e. The number of furan rings is 1. The number of para-hydroxylation sites is 1. The lowest BCUT2D eigenvalue weighted by atomic mass is 10.2. The third-order valence-corrected chi connectivity index (χ3v) is 3.91. The van der Waals surface area contributed by atoms with Crippen molar-refractivity contribution in [3.05, 3.63) is 66.4 Å². The van der Waals surface area contributed by atoms with Gasteiger partial charge in [-0.05, 0) is 42.7 Å². The number of rotatable bonds is 4. The average Bonchev–Trinajstić information content (AvgIpc) is 2.96. The summed E-state index contributed by atoms with van der Waals surface area (Å²) in [6.45, 7) is 0. The Kier molecular flexibility index (Phi) is 4.30. The predicted octanol–water partition coefficient (Wildman–Crippen LogP) is 4.81. The predicted molar refractivity (Wildman–Crippen MR) is 92.1 cm³/mol. The van der Waals surface area contributed by atoms with Gasteiger partial charge < -0.3 is 9.73 Å². The van der Waals surface area contributed by atoms with Crippen LogP contribution in [0.15, 0.2) is 70.0 Å². The van der Waals surface area contributed by atoms with Crippen molar-refractivity contribution in [2.45, 2.75) is 4.90 Å². The lowest BCUT2D eigenvalue weighted by Gasteiger charge is -2.03. The Morgan fingerprint density at radius 1 is 1.14 bits per heavy atom. The zero-order valence-electron chi connectivity index (χ0n) is 12.1. The van der Waals surface area contributed by atoms with Crippen molar-refractivity contribution >= 4 is 40.4 Å². The highest BCUT2D eigenvalue weighted by Crippen LogP contribution is 2.20. The van der Waals surface area contributed by atoms with Crippen LogP contribution in [0.25, 0.3) is 17.0 Å². The fraction of sp³-hybridized carbons (Fsp3) is 0.0556. The second kappa shape index (κ2) is 6.54.